The molecule has 1 fully saturated rings. The number of amides is 1. The van der Waals surface area contributed by atoms with Crippen LogP contribution in [0.25, 0.3) is 0 Å². The molecule has 0 aromatic carbocycles. The summed E-state index contributed by atoms with van der Waals surface area (Å²) in [6.45, 7) is 7.96. The fraction of sp³-hybridized carbons (Fsp3) is 0.692. The quantitative estimate of drug-likeness (QED) is 0.888. The van der Waals surface area contributed by atoms with Crippen LogP contribution in [-0.2, 0) is 4.74 Å². The van der Waals surface area contributed by atoms with E-state index in [2.05, 4.69) is 10.5 Å². The van der Waals surface area contributed by atoms with Gasteiger partial charge in [-0.3, -0.25) is 4.79 Å². The zero-order valence-electron chi connectivity index (χ0n) is 11.2. The monoisotopic (exact) mass is 252 g/mol. The minimum Gasteiger partial charge on any atom is -0.381 e. The fourth-order valence-electron chi connectivity index (χ4n) is 2.13. The van der Waals surface area contributed by atoms with E-state index in [1.54, 1.807) is 6.92 Å². The second kappa shape index (κ2) is 5.52. The normalized spacial score (nSPS) is 19.4. The molecular formula is C13H20N2O3. The molecule has 1 saturated heterocycles. The third kappa shape index (κ3) is 2.72. The molecule has 1 aromatic rings. The van der Waals surface area contributed by atoms with Crippen molar-refractivity contribution >= 4 is 5.91 Å². The van der Waals surface area contributed by atoms with Crippen molar-refractivity contribution < 1.29 is 14.1 Å². The topological polar surface area (TPSA) is 64.4 Å². The average Bonchev–Trinajstić information content (AvgIpc) is 2.94. The number of ether oxygens (including phenoxy) is 1. The summed E-state index contributed by atoms with van der Waals surface area (Å²) < 4.78 is 10.5. The highest BCUT2D eigenvalue weighted by atomic mass is 16.5. The standard InChI is InChI=1S/C13H20N2O3/c1-8(2)12-11(9(3)15-18-12)13(16)14-6-10-4-5-17-7-10/h8,10H,4-7H2,1-3H3,(H,14,16). The number of nitrogens with zero attached hydrogens (tertiary/aromatic N) is 1. The highest BCUT2D eigenvalue weighted by Crippen LogP contribution is 2.22. The maximum Gasteiger partial charge on any atom is 0.256 e. The SMILES string of the molecule is Cc1noc(C(C)C)c1C(=O)NCC1CCOC1. The number of aryl methyl sites for hydroxylation is 1. The van der Waals surface area contributed by atoms with Crippen LogP contribution in [0, 0.1) is 12.8 Å². The summed E-state index contributed by atoms with van der Waals surface area (Å²) in [5.41, 5.74) is 1.24. The van der Waals surface area contributed by atoms with E-state index in [1.807, 2.05) is 13.8 Å². The van der Waals surface area contributed by atoms with Gasteiger partial charge in [-0.25, -0.2) is 0 Å². The number of rotatable bonds is 4. The molecule has 100 valence electrons. The molecule has 1 atom stereocenters. The van der Waals surface area contributed by atoms with E-state index in [0.29, 0.717) is 29.5 Å². The molecule has 0 spiro atoms. The summed E-state index contributed by atoms with van der Waals surface area (Å²) in [5.74, 6) is 1.15. The lowest BCUT2D eigenvalue weighted by atomic mass is 10.0. The molecule has 1 aliphatic heterocycles. The Balaban J connectivity index is 2.01. The Morgan fingerprint density at radius 2 is 2.33 bits per heavy atom. The number of carbonyl (C=O) groups excluding carboxylic acids is 1. The smallest absolute Gasteiger partial charge is 0.256 e. The first-order valence-corrected chi connectivity index (χ1v) is 6.41. The van der Waals surface area contributed by atoms with E-state index in [9.17, 15) is 4.79 Å². The minimum atomic E-state index is -0.0932. The molecule has 2 heterocycles. The molecule has 1 unspecified atom stereocenters. The Bertz CT molecular complexity index is 420. The lowest BCUT2D eigenvalue weighted by Gasteiger charge is -2.10. The minimum absolute atomic E-state index is 0.0932. The zero-order chi connectivity index (χ0) is 13.1. The summed E-state index contributed by atoms with van der Waals surface area (Å²) >= 11 is 0. The fourth-order valence-corrected chi connectivity index (χ4v) is 2.13. The second-order valence-electron chi connectivity index (χ2n) is 5.10. The van der Waals surface area contributed by atoms with Crippen molar-refractivity contribution in [3.63, 3.8) is 0 Å². The van der Waals surface area contributed by atoms with Crippen LogP contribution < -0.4 is 5.32 Å². The van der Waals surface area contributed by atoms with E-state index in [1.165, 1.54) is 0 Å². The van der Waals surface area contributed by atoms with Gasteiger partial charge in [0.2, 0.25) is 0 Å². The van der Waals surface area contributed by atoms with Crippen LogP contribution in [0.3, 0.4) is 0 Å². The Labute approximate surface area is 107 Å². The summed E-state index contributed by atoms with van der Waals surface area (Å²) in [6.07, 6.45) is 1.01. The molecule has 0 saturated carbocycles. The van der Waals surface area contributed by atoms with Gasteiger partial charge < -0.3 is 14.6 Å². The number of carbonyl (C=O) groups is 1. The van der Waals surface area contributed by atoms with E-state index >= 15 is 0 Å². The van der Waals surface area contributed by atoms with Gasteiger partial charge in [-0.05, 0) is 13.3 Å². The summed E-state index contributed by atoms with van der Waals surface area (Å²) in [6, 6.07) is 0. The van der Waals surface area contributed by atoms with E-state index in [0.717, 1.165) is 19.6 Å². The molecular weight excluding hydrogens is 232 g/mol. The van der Waals surface area contributed by atoms with Gasteiger partial charge in [-0.15, -0.1) is 0 Å². The van der Waals surface area contributed by atoms with Gasteiger partial charge in [0.1, 0.15) is 5.56 Å². The van der Waals surface area contributed by atoms with Gasteiger partial charge in [0.25, 0.3) is 5.91 Å². The second-order valence-corrected chi connectivity index (χ2v) is 5.10. The molecule has 0 radical (unpaired) electrons. The summed E-state index contributed by atoms with van der Waals surface area (Å²) in [4.78, 5) is 12.2. The third-order valence-corrected chi connectivity index (χ3v) is 3.22. The first-order chi connectivity index (χ1) is 8.59. The highest BCUT2D eigenvalue weighted by molar-refractivity contribution is 5.96. The number of aromatic nitrogens is 1. The zero-order valence-corrected chi connectivity index (χ0v) is 11.2. The number of hydrogen-bond donors (Lipinski definition) is 1. The lowest BCUT2D eigenvalue weighted by Crippen LogP contribution is -2.30. The summed E-state index contributed by atoms with van der Waals surface area (Å²) in [7, 11) is 0. The van der Waals surface area contributed by atoms with Gasteiger partial charge in [0.05, 0.1) is 12.3 Å². The van der Waals surface area contributed by atoms with Crippen molar-refractivity contribution in [3.8, 4) is 0 Å². The lowest BCUT2D eigenvalue weighted by molar-refractivity contribution is 0.0942. The van der Waals surface area contributed by atoms with E-state index in [-0.39, 0.29) is 11.8 Å². The molecule has 2 rings (SSSR count). The van der Waals surface area contributed by atoms with E-state index in [4.69, 9.17) is 9.26 Å². The molecule has 1 aliphatic rings. The first-order valence-electron chi connectivity index (χ1n) is 6.41. The molecule has 0 bridgehead atoms. The first kappa shape index (κ1) is 13.1. The average molecular weight is 252 g/mol. The van der Waals surface area contributed by atoms with Crippen molar-refractivity contribution in [2.45, 2.75) is 33.1 Å². The molecule has 5 heteroatoms. The van der Waals surface area contributed by atoms with Gasteiger partial charge in [-0.2, -0.15) is 0 Å². The van der Waals surface area contributed by atoms with Crippen LogP contribution in [0.15, 0.2) is 4.52 Å². The van der Waals surface area contributed by atoms with Crippen LogP contribution in [0.5, 0.6) is 0 Å². The van der Waals surface area contributed by atoms with Crippen molar-refractivity contribution in [3.05, 3.63) is 17.0 Å². The third-order valence-electron chi connectivity index (χ3n) is 3.22. The summed E-state index contributed by atoms with van der Waals surface area (Å²) in [5, 5.41) is 6.82. The Morgan fingerprint density at radius 3 is 2.94 bits per heavy atom. The predicted molar refractivity (Wildman–Crippen MR) is 66.6 cm³/mol. The van der Waals surface area contributed by atoms with Crippen LogP contribution in [0.4, 0.5) is 0 Å². The number of hydrogen-bond acceptors (Lipinski definition) is 4. The molecule has 5 nitrogen and oxygen atoms in total. The Kier molecular flexibility index (Phi) is 4.01. The molecule has 1 amide bonds. The van der Waals surface area contributed by atoms with Crippen LogP contribution in [0.1, 0.15) is 48.0 Å². The number of nitrogens with one attached hydrogen (secondary N) is 1. The molecule has 0 aliphatic carbocycles. The van der Waals surface area contributed by atoms with Crippen LogP contribution >= 0.6 is 0 Å². The van der Waals surface area contributed by atoms with Gasteiger partial charge in [-0.1, -0.05) is 19.0 Å². The largest absolute Gasteiger partial charge is 0.381 e. The van der Waals surface area contributed by atoms with Crippen molar-refractivity contribution in [2.75, 3.05) is 19.8 Å². The van der Waals surface area contributed by atoms with E-state index < -0.39 is 0 Å². The molecule has 1 N–H and O–H groups in total. The van der Waals surface area contributed by atoms with Gasteiger partial charge in [0, 0.05) is 25.0 Å². The predicted octanol–water partition coefficient (Wildman–Crippen LogP) is 1.87. The Hall–Kier alpha value is -1.36. The molecule has 1 aromatic heterocycles. The highest BCUT2D eigenvalue weighted by Gasteiger charge is 2.23. The Morgan fingerprint density at radius 1 is 1.56 bits per heavy atom. The van der Waals surface area contributed by atoms with Gasteiger partial charge in [0.15, 0.2) is 5.76 Å². The van der Waals surface area contributed by atoms with Crippen molar-refractivity contribution in [2.24, 2.45) is 5.92 Å². The molecule has 18 heavy (non-hydrogen) atoms. The van der Waals surface area contributed by atoms with Crippen molar-refractivity contribution in [1.82, 2.24) is 10.5 Å². The maximum atomic E-state index is 12.2. The van der Waals surface area contributed by atoms with Gasteiger partial charge >= 0.3 is 0 Å². The van der Waals surface area contributed by atoms with Crippen LogP contribution in [-0.4, -0.2) is 30.8 Å². The maximum absolute atomic E-state index is 12.2. The van der Waals surface area contributed by atoms with Crippen molar-refractivity contribution in [1.29, 1.82) is 0 Å². The van der Waals surface area contributed by atoms with Crippen LogP contribution in [0.2, 0.25) is 0 Å².